The average molecular weight is 351 g/mol. The van der Waals surface area contributed by atoms with E-state index in [0.29, 0.717) is 5.56 Å². The highest BCUT2D eigenvalue weighted by atomic mass is 19.1. The lowest BCUT2D eigenvalue weighted by atomic mass is 10.0. The summed E-state index contributed by atoms with van der Waals surface area (Å²) < 4.78 is 13.5. The maximum atomic E-state index is 13.5. The minimum absolute atomic E-state index is 0.0162. The molecule has 0 aliphatic heterocycles. The normalized spacial score (nSPS) is 10.8. The zero-order chi connectivity index (χ0) is 18.5. The van der Waals surface area contributed by atoms with E-state index >= 15 is 0 Å². The maximum Gasteiger partial charge on any atom is 0.329 e. The molecule has 0 atom stereocenters. The molecule has 130 valence electrons. The molecule has 3 rings (SSSR count). The van der Waals surface area contributed by atoms with Gasteiger partial charge in [0.1, 0.15) is 11.6 Å². The summed E-state index contributed by atoms with van der Waals surface area (Å²) in [7, 11) is 0. The Morgan fingerprint density at radius 1 is 0.962 bits per heavy atom. The summed E-state index contributed by atoms with van der Waals surface area (Å²) in [5, 5.41) is 17.5. The zero-order valence-corrected chi connectivity index (χ0v) is 13.4. The van der Waals surface area contributed by atoms with Gasteiger partial charge in [-0.05, 0) is 29.0 Å². The molecule has 3 N–H and O–H groups in total. The van der Waals surface area contributed by atoms with Crippen LogP contribution in [0.4, 0.5) is 10.1 Å². The Hall–Kier alpha value is -3.74. The van der Waals surface area contributed by atoms with Gasteiger partial charge in [-0.15, -0.1) is 0 Å². The van der Waals surface area contributed by atoms with E-state index < -0.39 is 17.6 Å². The molecule has 0 saturated carbocycles. The summed E-state index contributed by atoms with van der Waals surface area (Å²) in [6.07, 6.45) is 1.24. The van der Waals surface area contributed by atoms with Gasteiger partial charge in [-0.3, -0.25) is 9.59 Å². The van der Waals surface area contributed by atoms with Crippen LogP contribution in [-0.4, -0.2) is 23.1 Å². The second-order valence-electron chi connectivity index (χ2n) is 5.35. The standard InChI is InChI=1S/C19H14FN3O3/c20-15-7-3-4-8-16(15)22-18(25)19(26)23-21-11-14-13-6-2-1-5-12(13)9-10-17(14)24/h1-11,24H,(H,22,25)(H,23,26)/b21-11-. The van der Waals surface area contributed by atoms with E-state index in [9.17, 15) is 19.1 Å². The van der Waals surface area contributed by atoms with E-state index in [1.807, 2.05) is 17.6 Å². The molecule has 0 radical (unpaired) electrons. The number of para-hydroxylation sites is 1. The minimum Gasteiger partial charge on any atom is -0.507 e. The number of fused-ring (bicyclic) bond motifs is 1. The van der Waals surface area contributed by atoms with Crippen LogP contribution < -0.4 is 10.7 Å². The minimum atomic E-state index is -1.07. The fourth-order valence-electron chi connectivity index (χ4n) is 2.37. The number of phenolic OH excluding ortho intramolecular Hbond substituents is 1. The lowest BCUT2D eigenvalue weighted by Gasteiger charge is -2.06. The van der Waals surface area contributed by atoms with Crippen LogP contribution in [0.1, 0.15) is 5.56 Å². The third kappa shape index (κ3) is 3.67. The second-order valence-corrected chi connectivity index (χ2v) is 5.35. The van der Waals surface area contributed by atoms with E-state index in [1.165, 1.54) is 30.5 Å². The Labute approximate surface area is 148 Å². The van der Waals surface area contributed by atoms with Crippen LogP contribution in [0.2, 0.25) is 0 Å². The number of halogens is 1. The smallest absolute Gasteiger partial charge is 0.329 e. The van der Waals surface area contributed by atoms with E-state index in [1.54, 1.807) is 18.2 Å². The summed E-state index contributed by atoms with van der Waals surface area (Å²) in [5.41, 5.74) is 2.34. The van der Waals surface area contributed by atoms with Gasteiger partial charge in [-0.1, -0.05) is 42.5 Å². The van der Waals surface area contributed by atoms with Gasteiger partial charge in [-0.2, -0.15) is 5.10 Å². The van der Waals surface area contributed by atoms with Crippen LogP contribution in [0.3, 0.4) is 0 Å². The number of anilines is 1. The van der Waals surface area contributed by atoms with E-state index in [-0.39, 0.29) is 11.4 Å². The van der Waals surface area contributed by atoms with Crippen molar-refractivity contribution >= 4 is 34.5 Å². The molecular formula is C19H14FN3O3. The lowest BCUT2D eigenvalue weighted by molar-refractivity contribution is -0.136. The van der Waals surface area contributed by atoms with Crippen molar-refractivity contribution in [3.05, 3.63) is 72.0 Å². The SMILES string of the molecule is O=C(N/N=C\c1c(O)ccc2ccccc12)C(=O)Nc1ccccc1F. The number of nitrogens with zero attached hydrogens (tertiary/aromatic N) is 1. The van der Waals surface area contributed by atoms with Crippen molar-refractivity contribution in [2.75, 3.05) is 5.32 Å². The summed E-state index contributed by atoms with van der Waals surface area (Å²) in [5.74, 6) is -2.80. The Morgan fingerprint density at radius 2 is 1.69 bits per heavy atom. The molecule has 0 unspecified atom stereocenters. The van der Waals surface area contributed by atoms with Gasteiger partial charge in [0.05, 0.1) is 11.9 Å². The molecule has 6 nitrogen and oxygen atoms in total. The Kier molecular flexibility index (Phi) is 4.89. The van der Waals surface area contributed by atoms with Gasteiger partial charge in [0.25, 0.3) is 0 Å². The van der Waals surface area contributed by atoms with Gasteiger partial charge in [0.2, 0.25) is 0 Å². The quantitative estimate of drug-likeness (QED) is 0.385. The van der Waals surface area contributed by atoms with Crippen molar-refractivity contribution in [3.63, 3.8) is 0 Å². The topological polar surface area (TPSA) is 90.8 Å². The number of nitrogens with one attached hydrogen (secondary N) is 2. The fourth-order valence-corrected chi connectivity index (χ4v) is 2.37. The monoisotopic (exact) mass is 351 g/mol. The molecule has 0 heterocycles. The van der Waals surface area contributed by atoms with Gasteiger partial charge in [-0.25, -0.2) is 9.82 Å². The Morgan fingerprint density at radius 3 is 2.50 bits per heavy atom. The van der Waals surface area contributed by atoms with E-state index in [0.717, 1.165) is 16.8 Å². The number of amides is 2. The molecule has 0 bridgehead atoms. The molecule has 7 heteroatoms. The number of rotatable bonds is 3. The van der Waals surface area contributed by atoms with Gasteiger partial charge < -0.3 is 10.4 Å². The number of carbonyl (C=O) groups is 2. The molecule has 26 heavy (non-hydrogen) atoms. The van der Waals surface area contributed by atoms with Crippen molar-refractivity contribution in [1.82, 2.24) is 5.43 Å². The highest BCUT2D eigenvalue weighted by Gasteiger charge is 2.14. The molecule has 3 aromatic rings. The summed E-state index contributed by atoms with van der Waals surface area (Å²) in [6, 6.07) is 16.1. The largest absolute Gasteiger partial charge is 0.507 e. The van der Waals surface area contributed by atoms with Crippen molar-refractivity contribution < 1.29 is 19.1 Å². The summed E-state index contributed by atoms with van der Waals surface area (Å²) >= 11 is 0. The number of aromatic hydroxyl groups is 1. The molecule has 0 aliphatic carbocycles. The van der Waals surface area contributed by atoms with Gasteiger partial charge >= 0.3 is 11.8 Å². The maximum absolute atomic E-state index is 13.5. The van der Waals surface area contributed by atoms with Crippen LogP contribution in [0.25, 0.3) is 10.8 Å². The van der Waals surface area contributed by atoms with Crippen LogP contribution in [0.5, 0.6) is 5.75 Å². The summed E-state index contributed by atoms with van der Waals surface area (Å²) in [6.45, 7) is 0. The number of hydrogen-bond acceptors (Lipinski definition) is 4. The third-order valence-electron chi connectivity index (χ3n) is 3.64. The highest BCUT2D eigenvalue weighted by Crippen LogP contribution is 2.25. The van der Waals surface area contributed by atoms with Crippen molar-refractivity contribution in [2.45, 2.75) is 0 Å². The molecule has 0 fully saturated rings. The van der Waals surface area contributed by atoms with Crippen LogP contribution in [-0.2, 0) is 9.59 Å². The molecule has 0 aromatic heterocycles. The first-order valence-electron chi connectivity index (χ1n) is 7.66. The number of benzene rings is 3. The predicted molar refractivity (Wildman–Crippen MR) is 96.4 cm³/mol. The van der Waals surface area contributed by atoms with Gasteiger partial charge in [0, 0.05) is 5.56 Å². The number of hydrazone groups is 1. The van der Waals surface area contributed by atoms with E-state index in [2.05, 4.69) is 10.4 Å². The van der Waals surface area contributed by atoms with Crippen molar-refractivity contribution in [2.24, 2.45) is 5.10 Å². The second kappa shape index (κ2) is 7.43. The number of hydrogen-bond donors (Lipinski definition) is 3. The highest BCUT2D eigenvalue weighted by molar-refractivity contribution is 6.39. The zero-order valence-electron chi connectivity index (χ0n) is 13.4. The first-order valence-corrected chi connectivity index (χ1v) is 7.66. The number of carbonyl (C=O) groups excluding carboxylic acids is 2. The third-order valence-corrected chi connectivity index (χ3v) is 3.64. The molecule has 2 amide bonds. The Bertz CT molecular complexity index is 1020. The Balaban J connectivity index is 1.71. The fraction of sp³-hybridized carbons (Fsp3) is 0. The molecule has 3 aromatic carbocycles. The average Bonchev–Trinajstić information content (AvgIpc) is 2.65. The van der Waals surface area contributed by atoms with Crippen molar-refractivity contribution in [3.8, 4) is 5.75 Å². The van der Waals surface area contributed by atoms with Crippen LogP contribution in [0.15, 0.2) is 65.8 Å². The van der Waals surface area contributed by atoms with Crippen molar-refractivity contribution in [1.29, 1.82) is 0 Å². The summed E-state index contributed by atoms with van der Waals surface area (Å²) in [4.78, 5) is 23.5. The molecular weight excluding hydrogens is 337 g/mol. The molecule has 0 saturated heterocycles. The van der Waals surface area contributed by atoms with E-state index in [4.69, 9.17) is 0 Å². The lowest BCUT2D eigenvalue weighted by Crippen LogP contribution is -2.32. The van der Waals surface area contributed by atoms with Gasteiger partial charge in [0.15, 0.2) is 0 Å². The first-order chi connectivity index (χ1) is 12.6. The molecule has 0 spiro atoms. The number of phenols is 1. The predicted octanol–water partition coefficient (Wildman–Crippen LogP) is 2.77. The van der Waals surface area contributed by atoms with Crippen LogP contribution in [0, 0.1) is 5.82 Å². The van der Waals surface area contributed by atoms with Crippen LogP contribution >= 0.6 is 0 Å². The molecule has 0 aliphatic rings. The first kappa shape index (κ1) is 17.1.